The summed E-state index contributed by atoms with van der Waals surface area (Å²) in [6.07, 6.45) is 0.404. The Labute approximate surface area is 186 Å². The molecular formula is C25H23ClN2O3. The molecule has 3 aromatic rings. The Morgan fingerprint density at radius 2 is 1.84 bits per heavy atom. The van der Waals surface area contributed by atoms with Crippen molar-refractivity contribution in [2.24, 2.45) is 0 Å². The topological polar surface area (TPSA) is 58.6 Å². The number of carbonyl (C=O) groups is 2. The highest BCUT2D eigenvalue weighted by molar-refractivity contribution is 6.30. The number of halogens is 1. The van der Waals surface area contributed by atoms with E-state index in [9.17, 15) is 9.59 Å². The van der Waals surface area contributed by atoms with Crippen molar-refractivity contribution in [2.75, 3.05) is 12.0 Å². The highest BCUT2D eigenvalue weighted by atomic mass is 35.5. The van der Waals surface area contributed by atoms with Gasteiger partial charge in [0.05, 0.1) is 7.11 Å². The van der Waals surface area contributed by atoms with Crippen molar-refractivity contribution in [1.82, 2.24) is 5.32 Å². The summed E-state index contributed by atoms with van der Waals surface area (Å²) in [5, 5.41) is 3.58. The fraction of sp³-hybridized carbons (Fsp3) is 0.200. The van der Waals surface area contributed by atoms with Crippen LogP contribution in [-0.4, -0.2) is 24.5 Å². The van der Waals surface area contributed by atoms with Gasteiger partial charge in [-0.25, -0.2) is 0 Å². The Morgan fingerprint density at radius 1 is 1.10 bits per heavy atom. The number of hydrogen-bond acceptors (Lipinski definition) is 3. The number of nitrogens with zero attached hydrogens (tertiary/aromatic N) is 1. The van der Waals surface area contributed by atoms with Crippen molar-refractivity contribution in [3.8, 4) is 5.75 Å². The van der Waals surface area contributed by atoms with Gasteiger partial charge in [-0.3, -0.25) is 14.5 Å². The summed E-state index contributed by atoms with van der Waals surface area (Å²) in [5.41, 5.74) is 1.91. The molecule has 1 N–H and O–H groups in total. The molecular weight excluding hydrogens is 412 g/mol. The third-order valence-corrected chi connectivity index (χ3v) is 5.89. The van der Waals surface area contributed by atoms with Crippen molar-refractivity contribution in [3.05, 3.63) is 94.5 Å². The molecule has 1 atom stereocenters. The number of nitrogens with one attached hydrogen (secondary N) is 1. The van der Waals surface area contributed by atoms with E-state index in [0.29, 0.717) is 29.2 Å². The first-order valence-corrected chi connectivity index (χ1v) is 10.4. The van der Waals surface area contributed by atoms with Gasteiger partial charge in [0.15, 0.2) is 0 Å². The van der Waals surface area contributed by atoms with E-state index in [2.05, 4.69) is 5.32 Å². The highest BCUT2D eigenvalue weighted by Crippen LogP contribution is 2.36. The van der Waals surface area contributed by atoms with Crippen molar-refractivity contribution < 1.29 is 14.3 Å². The summed E-state index contributed by atoms with van der Waals surface area (Å²) < 4.78 is 5.26. The second-order valence-electron chi connectivity index (χ2n) is 7.76. The lowest BCUT2D eigenvalue weighted by Gasteiger charge is -2.44. The van der Waals surface area contributed by atoms with Gasteiger partial charge in [0.2, 0.25) is 5.91 Å². The first-order valence-electron chi connectivity index (χ1n) is 10.0. The van der Waals surface area contributed by atoms with Crippen LogP contribution in [0.4, 0.5) is 5.69 Å². The third kappa shape index (κ3) is 4.01. The smallest absolute Gasteiger partial charge is 0.259 e. The normalized spacial score (nSPS) is 17.8. The molecule has 31 heavy (non-hydrogen) atoms. The number of rotatable bonds is 5. The zero-order valence-corrected chi connectivity index (χ0v) is 18.1. The number of benzene rings is 3. The Balaban J connectivity index is 1.68. The zero-order chi connectivity index (χ0) is 22.0. The van der Waals surface area contributed by atoms with Crippen LogP contribution in [0.5, 0.6) is 5.75 Å². The molecule has 6 heteroatoms. The average molecular weight is 435 g/mol. The molecule has 0 unspecified atom stereocenters. The standard InChI is InChI=1S/C25H23ClN2O3/c1-25(24(30)27-16-17-6-5-8-21(14-17)31-2)15-18-7-3-4-9-22(18)23(29)28(25)20-12-10-19(26)11-13-20/h3-14H,15-16H2,1-2H3,(H,27,30)/t25-/m0/s1. The maximum absolute atomic E-state index is 13.5. The summed E-state index contributed by atoms with van der Waals surface area (Å²) in [7, 11) is 1.60. The van der Waals surface area contributed by atoms with Gasteiger partial charge in [-0.2, -0.15) is 0 Å². The monoisotopic (exact) mass is 434 g/mol. The van der Waals surface area contributed by atoms with E-state index in [0.717, 1.165) is 16.9 Å². The van der Waals surface area contributed by atoms with E-state index in [1.54, 1.807) is 49.3 Å². The molecule has 1 aliphatic rings. The molecule has 0 saturated carbocycles. The molecule has 1 aliphatic heterocycles. The first kappa shape index (κ1) is 20.9. The highest BCUT2D eigenvalue weighted by Gasteiger charge is 2.47. The lowest BCUT2D eigenvalue weighted by molar-refractivity contribution is -0.126. The molecule has 158 valence electrons. The number of anilines is 1. The van der Waals surface area contributed by atoms with E-state index in [-0.39, 0.29) is 11.8 Å². The maximum atomic E-state index is 13.5. The number of ether oxygens (including phenoxy) is 1. The number of fused-ring (bicyclic) bond motifs is 1. The van der Waals surface area contributed by atoms with Gasteiger partial charge >= 0.3 is 0 Å². The summed E-state index contributed by atoms with van der Waals surface area (Å²) in [4.78, 5) is 28.5. The average Bonchev–Trinajstić information content (AvgIpc) is 2.79. The number of hydrogen-bond donors (Lipinski definition) is 1. The number of carbonyl (C=O) groups excluding carboxylic acids is 2. The van der Waals surface area contributed by atoms with E-state index >= 15 is 0 Å². The second-order valence-corrected chi connectivity index (χ2v) is 8.20. The third-order valence-electron chi connectivity index (χ3n) is 5.64. The van der Waals surface area contributed by atoms with Crippen molar-refractivity contribution in [3.63, 3.8) is 0 Å². The van der Waals surface area contributed by atoms with Crippen LogP contribution in [0.2, 0.25) is 5.02 Å². The fourth-order valence-corrected chi connectivity index (χ4v) is 4.13. The van der Waals surface area contributed by atoms with Gasteiger partial charge in [-0.15, -0.1) is 0 Å². The molecule has 0 aliphatic carbocycles. The molecule has 0 saturated heterocycles. The second kappa shape index (κ2) is 8.44. The van der Waals surface area contributed by atoms with Crippen molar-refractivity contribution >= 4 is 29.1 Å². The first-order chi connectivity index (χ1) is 14.9. The van der Waals surface area contributed by atoms with Crippen LogP contribution in [0.15, 0.2) is 72.8 Å². The molecule has 5 nitrogen and oxygen atoms in total. The fourth-order valence-electron chi connectivity index (χ4n) is 4.01. The molecule has 4 rings (SSSR count). The minimum absolute atomic E-state index is 0.205. The van der Waals surface area contributed by atoms with Gasteiger partial charge in [0, 0.05) is 29.2 Å². The van der Waals surface area contributed by atoms with Gasteiger partial charge in [0.1, 0.15) is 11.3 Å². The van der Waals surface area contributed by atoms with E-state index in [1.165, 1.54) is 0 Å². The predicted molar refractivity (Wildman–Crippen MR) is 122 cm³/mol. The van der Waals surface area contributed by atoms with Crippen molar-refractivity contribution in [1.29, 1.82) is 0 Å². The zero-order valence-electron chi connectivity index (χ0n) is 17.4. The van der Waals surface area contributed by atoms with E-state index in [4.69, 9.17) is 16.3 Å². The SMILES string of the molecule is COc1cccc(CNC(=O)[C@]2(C)Cc3ccccc3C(=O)N2c2ccc(Cl)cc2)c1. The van der Waals surface area contributed by atoms with E-state index in [1.807, 2.05) is 42.5 Å². The van der Waals surface area contributed by atoms with Gasteiger partial charge < -0.3 is 10.1 Å². The molecule has 1 heterocycles. The molecule has 0 fully saturated rings. The number of amides is 2. The van der Waals surface area contributed by atoms with E-state index < -0.39 is 5.54 Å². The van der Waals surface area contributed by atoms with Crippen LogP contribution in [0.3, 0.4) is 0 Å². The van der Waals surface area contributed by atoms with Gasteiger partial charge in [0.25, 0.3) is 5.91 Å². The summed E-state index contributed by atoms with van der Waals surface area (Å²) in [6, 6.07) is 21.9. The van der Waals surface area contributed by atoms with Crippen LogP contribution in [0.25, 0.3) is 0 Å². The molecule has 0 aromatic heterocycles. The summed E-state index contributed by atoms with van der Waals surface area (Å²) >= 11 is 6.05. The minimum atomic E-state index is -1.10. The van der Waals surface area contributed by atoms with Crippen LogP contribution in [0.1, 0.15) is 28.4 Å². The Hall–Kier alpha value is -3.31. The van der Waals surface area contributed by atoms with Gasteiger partial charge in [-0.05, 0) is 60.5 Å². The molecule has 0 radical (unpaired) electrons. The van der Waals surface area contributed by atoms with Gasteiger partial charge in [-0.1, -0.05) is 41.9 Å². The van der Waals surface area contributed by atoms with Crippen LogP contribution in [-0.2, 0) is 17.8 Å². The Morgan fingerprint density at radius 3 is 2.58 bits per heavy atom. The number of methoxy groups -OCH3 is 1. The summed E-state index contributed by atoms with van der Waals surface area (Å²) in [6.45, 7) is 2.13. The largest absolute Gasteiger partial charge is 0.497 e. The van der Waals surface area contributed by atoms with Crippen LogP contribution >= 0.6 is 11.6 Å². The minimum Gasteiger partial charge on any atom is -0.497 e. The Bertz CT molecular complexity index is 1130. The Kier molecular flexibility index (Phi) is 5.70. The summed E-state index contributed by atoms with van der Waals surface area (Å²) in [5.74, 6) is 0.291. The predicted octanol–water partition coefficient (Wildman–Crippen LogP) is 4.63. The quantitative estimate of drug-likeness (QED) is 0.637. The van der Waals surface area contributed by atoms with Crippen LogP contribution < -0.4 is 15.0 Å². The molecule has 3 aromatic carbocycles. The maximum Gasteiger partial charge on any atom is 0.259 e. The lowest BCUT2D eigenvalue weighted by atomic mass is 9.82. The molecule has 2 amide bonds. The van der Waals surface area contributed by atoms with Crippen LogP contribution in [0, 0.1) is 0 Å². The lowest BCUT2D eigenvalue weighted by Crippen LogP contribution is -2.63. The molecule has 0 bridgehead atoms. The molecule has 0 spiro atoms. The van der Waals surface area contributed by atoms with Crippen molar-refractivity contribution in [2.45, 2.75) is 25.4 Å².